The molecule has 0 unspecified atom stereocenters. The summed E-state index contributed by atoms with van der Waals surface area (Å²) in [6, 6.07) is 6.27. The zero-order valence-electron chi connectivity index (χ0n) is 13.3. The Bertz CT molecular complexity index is 444. The smallest absolute Gasteiger partial charge is 0.305 e. The molecule has 3 nitrogen and oxygen atoms in total. The van der Waals surface area contributed by atoms with Crippen molar-refractivity contribution < 1.29 is 14.3 Å². The van der Waals surface area contributed by atoms with Crippen LogP contribution in [-0.4, -0.2) is 19.7 Å². The predicted octanol–water partition coefficient (Wildman–Crippen LogP) is 3.88. The van der Waals surface area contributed by atoms with Gasteiger partial charge in [0.1, 0.15) is 5.75 Å². The Hall–Kier alpha value is -1.51. The van der Waals surface area contributed by atoms with Gasteiger partial charge in [-0.15, -0.1) is 0 Å². The fraction of sp³-hybridized carbons (Fsp3) is 0.588. The summed E-state index contributed by atoms with van der Waals surface area (Å²) in [6.07, 6.45) is 2.00. The number of hydrogen-bond donors (Lipinski definition) is 0. The van der Waals surface area contributed by atoms with Crippen molar-refractivity contribution >= 4 is 5.97 Å². The van der Waals surface area contributed by atoms with Gasteiger partial charge in [-0.25, -0.2) is 0 Å². The molecule has 0 aliphatic heterocycles. The minimum Gasteiger partial charge on any atom is -0.493 e. The molecule has 0 fully saturated rings. The van der Waals surface area contributed by atoms with Gasteiger partial charge in [0, 0.05) is 6.42 Å². The standard InChI is InChI=1S/C17H26O3/c1-6-11-20-15-9-8-14(17(2,3)4)12-13(15)7-10-16(18)19-5/h8-9,12H,6-7,10-11H2,1-5H3. The van der Waals surface area contributed by atoms with E-state index in [1.807, 2.05) is 6.07 Å². The quantitative estimate of drug-likeness (QED) is 0.741. The molecular weight excluding hydrogens is 252 g/mol. The lowest BCUT2D eigenvalue weighted by molar-refractivity contribution is -0.140. The van der Waals surface area contributed by atoms with E-state index in [0.29, 0.717) is 19.4 Å². The van der Waals surface area contributed by atoms with Crippen LogP contribution in [0.1, 0.15) is 51.7 Å². The third-order valence-corrected chi connectivity index (χ3v) is 3.21. The van der Waals surface area contributed by atoms with Gasteiger partial charge in [-0.3, -0.25) is 4.79 Å². The topological polar surface area (TPSA) is 35.5 Å². The van der Waals surface area contributed by atoms with Crippen molar-refractivity contribution in [1.29, 1.82) is 0 Å². The molecule has 0 N–H and O–H groups in total. The van der Waals surface area contributed by atoms with Crippen molar-refractivity contribution in [2.45, 2.75) is 52.4 Å². The van der Waals surface area contributed by atoms with Crippen LogP contribution in [0.4, 0.5) is 0 Å². The van der Waals surface area contributed by atoms with Crippen LogP contribution < -0.4 is 4.74 Å². The first-order valence-corrected chi connectivity index (χ1v) is 7.21. The second-order valence-electron chi connectivity index (χ2n) is 6.00. The molecule has 0 heterocycles. The summed E-state index contributed by atoms with van der Waals surface area (Å²) in [5.74, 6) is 0.691. The third-order valence-electron chi connectivity index (χ3n) is 3.21. The molecule has 0 aliphatic rings. The second-order valence-corrected chi connectivity index (χ2v) is 6.00. The van der Waals surface area contributed by atoms with Gasteiger partial charge >= 0.3 is 5.97 Å². The molecule has 0 bridgehead atoms. The maximum atomic E-state index is 11.3. The zero-order valence-corrected chi connectivity index (χ0v) is 13.3. The first-order chi connectivity index (χ1) is 9.38. The number of methoxy groups -OCH3 is 1. The highest BCUT2D eigenvalue weighted by atomic mass is 16.5. The van der Waals surface area contributed by atoms with Gasteiger partial charge < -0.3 is 9.47 Å². The summed E-state index contributed by atoms with van der Waals surface area (Å²) in [7, 11) is 1.42. The minimum absolute atomic E-state index is 0.0866. The van der Waals surface area contributed by atoms with E-state index >= 15 is 0 Å². The number of carbonyl (C=O) groups excluding carboxylic acids is 1. The summed E-state index contributed by atoms with van der Waals surface area (Å²) < 4.78 is 10.5. The first kappa shape index (κ1) is 16.5. The molecule has 0 saturated heterocycles. The van der Waals surface area contributed by atoms with E-state index in [2.05, 4.69) is 39.8 Å². The summed E-state index contributed by atoms with van der Waals surface area (Å²) in [4.78, 5) is 11.3. The lowest BCUT2D eigenvalue weighted by atomic mass is 9.85. The van der Waals surface area contributed by atoms with Gasteiger partial charge in [0.05, 0.1) is 13.7 Å². The zero-order chi connectivity index (χ0) is 15.2. The van der Waals surface area contributed by atoms with E-state index < -0.39 is 0 Å². The highest BCUT2D eigenvalue weighted by molar-refractivity contribution is 5.69. The first-order valence-electron chi connectivity index (χ1n) is 7.21. The Labute approximate surface area is 122 Å². The summed E-state index contributed by atoms with van der Waals surface area (Å²) in [5, 5.41) is 0. The van der Waals surface area contributed by atoms with E-state index in [4.69, 9.17) is 9.47 Å². The molecule has 112 valence electrons. The highest BCUT2D eigenvalue weighted by Crippen LogP contribution is 2.29. The predicted molar refractivity (Wildman–Crippen MR) is 81.3 cm³/mol. The molecular formula is C17H26O3. The fourth-order valence-corrected chi connectivity index (χ4v) is 1.93. The molecule has 3 heteroatoms. The van der Waals surface area contributed by atoms with Crippen LogP contribution in [0.25, 0.3) is 0 Å². The van der Waals surface area contributed by atoms with Crippen LogP contribution >= 0.6 is 0 Å². The molecule has 0 saturated carbocycles. The van der Waals surface area contributed by atoms with E-state index in [0.717, 1.165) is 17.7 Å². The van der Waals surface area contributed by atoms with Gasteiger partial charge in [-0.1, -0.05) is 39.8 Å². The number of ether oxygens (including phenoxy) is 2. The highest BCUT2D eigenvalue weighted by Gasteiger charge is 2.16. The molecule has 0 aliphatic carbocycles. The molecule has 0 amide bonds. The molecule has 1 aromatic rings. The minimum atomic E-state index is -0.187. The maximum absolute atomic E-state index is 11.3. The number of carbonyl (C=O) groups is 1. The van der Waals surface area contributed by atoms with Crippen LogP contribution in [0, 0.1) is 0 Å². The van der Waals surface area contributed by atoms with Gasteiger partial charge in [0.2, 0.25) is 0 Å². The molecule has 0 atom stereocenters. The summed E-state index contributed by atoms with van der Waals surface area (Å²) >= 11 is 0. The van der Waals surface area contributed by atoms with Gasteiger partial charge in [0.15, 0.2) is 0 Å². The van der Waals surface area contributed by atoms with Gasteiger partial charge in [0.25, 0.3) is 0 Å². The molecule has 0 spiro atoms. The SMILES string of the molecule is CCCOc1ccc(C(C)(C)C)cc1CCC(=O)OC. The Morgan fingerprint density at radius 3 is 2.50 bits per heavy atom. The maximum Gasteiger partial charge on any atom is 0.305 e. The lowest BCUT2D eigenvalue weighted by Gasteiger charge is -2.21. The van der Waals surface area contributed by atoms with E-state index in [-0.39, 0.29) is 11.4 Å². The van der Waals surface area contributed by atoms with Gasteiger partial charge in [-0.05, 0) is 35.4 Å². The van der Waals surface area contributed by atoms with E-state index in [1.165, 1.54) is 12.7 Å². The Kier molecular flexibility index (Phi) is 6.05. The average molecular weight is 278 g/mol. The molecule has 1 rings (SSSR count). The van der Waals surface area contributed by atoms with Crippen molar-refractivity contribution in [3.8, 4) is 5.75 Å². The normalized spacial score (nSPS) is 11.2. The number of esters is 1. The fourth-order valence-electron chi connectivity index (χ4n) is 1.93. The number of aryl methyl sites for hydroxylation is 1. The van der Waals surface area contributed by atoms with Crippen LogP contribution in [0.3, 0.4) is 0 Å². The van der Waals surface area contributed by atoms with Crippen LogP contribution in [0.2, 0.25) is 0 Å². The van der Waals surface area contributed by atoms with Crippen molar-refractivity contribution in [2.24, 2.45) is 0 Å². The molecule has 0 aromatic heterocycles. The van der Waals surface area contributed by atoms with Crippen molar-refractivity contribution in [1.82, 2.24) is 0 Å². The van der Waals surface area contributed by atoms with Crippen LogP contribution in [-0.2, 0) is 21.4 Å². The third kappa shape index (κ3) is 4.87. The van der Waals surface area contributed by atoms with E-state index in [1.54, 1.807) is 0 Å². The summed E-state index contributed by atoms with van der Waals surface area (Å²) in [6.45, 7) is 9.31. The molecule has 1 aromatic carbocycles. The van der Waals surface area contributed by atoms with E-state index in [9.17, 15) is 4.79 Å². The van der Waals surface area contributed by atoms with Crippen LogP contribution in [0.5, 0.6) is 5.75 Å². The average Bonchev–Trinajstić information content (AvgIpc) is 2.41. The summed E-state index contributed by atoms with van der Waals surface area (Å²) in [5.41, 5.74) is 2.42. The monoisotopic (exact) mass is 278 g/mol. The van der Waals surface area contributed by atoms with Gasteiger partial charge in [-0.2, -0.15) is 0 Å². The van der Waals surface area contributed by atoms with Crippen molar-refractivity contribution in [2.75, 3.05) is 13.7 Å². The number of hydrogen-bond acceptors (Lipinski definition) is 3. The van der Waals surface area contributed by atoms with Crippen molar-refractivity contribution in [3.05, 3.63) is 29.3 Å². The lowest BCUT2D eigenvalue weighted by Crippen LogP contribution is -2.12. The molecule has 0 radical (unpaired) electrons. The Morgan fingerprint density at radius 2 is 1.95 bits per heavy atom. The largest absolute Gasteiger partial charge is 0.493 e. The Morgan fingerprint density at radius 1 is 1.25 bits per heavy atom. The Balaban J connectivity index is 2.96. The number of benzene rings is 1. The van der Waals surface area contributed by atoms with Crippen molar-refractivity contribution in [3.63, 3.8) is 0 Å². The van der Waals surface area contributed by atoms with Crippen LogP contribution in [0.15, 0.2) is 18.2 Å². The number of rotatable bonds is 6. The second kappa shape index (κ2) is 7.32. The molecule has 20 heavy (non-hydrogen) atoms.